The number of rotatable bonds is 10. The first-order valence-corrected chi connectivity index (χ1v) is 14.6. The molecule has 1 atom stereocenters. The van der Waals surface area contributed by atoms with E-state index < -0.39 is 17.7 Å². The lowest BCUT2D eigenvalue weighted by atomic mass is 9.92. The molecule has 3 aromatic carbocycles. The van der Waals surface area contributed by atoms with Crippen molar-refractivity contribution in [3.63, 3.8) is 0 Å². The number of carbonyl (C=O) groups is 2. The molecule has 1 aliphatic rings. The number of benzene rings is 3. The van der Waals surface area contributed by atoms with Gasteiger partial charge in [-0.3, -0.25) is 9.59 Å². The third kappa shape index (κ3) is 6.02. The van der Waals surface area contributed by atoms with Gasteiger partial charge in [-0.1, -0.05) is 49.7 Å². The van der Waals surface area contributed by atoms with E-state index in [-0.39, 0.29) is 23.8 Å². The van der Waals surface area contributed by atoms with Gasteiger partial charge in [0.05, 0.1) is 18.2 Å². The summed E-state index contributed by atoms with van der Waals surface area (Å²) in [7, 11) is 0. The maximum absolute atomic E-state index is 13.7. The minimum absolute atomic E-state index is 0.106. The number of Topliss-reactive ketones (excluding diaryl/α,β-unsaturated/α-hetero) is 1. The number of aryl methyl sites for hydroxylation is 2. The molecule has 1 saturated heterocycles. The summed E-state index contributed by atoms with van der Waals surface area (Å²) in [6, 6.07) is 18.8. The molecule has 1 heterocycles. The molecule has 1 fully saturated rings. The van der Waals surface area contributed by atoms with Crippen LogP contribution in [0.25, 0.3) is 5.76 Å². The zero-order valence-electron chi connectivity index (χ0n) is 25.3. The fourth-order valence-electron chi connectivity index (χ4n) is 5.59. The Morgan fingerprint density at radius 1 is 0.951 bits per heavy atom. The SMILES string of the molecule is CCOc1ccc(/C(O)=C2/C(=O)C(=O)N(Cc3cc(C)ccc3C)C2c2ccc(N(CC)CC)cc2)cc1C(C)C. The number of aliphatic hydroxyl groups is 1. The number of amides is 1. The van der Waals surface area contributed by atoms with Crippen LogP contribution >= 0.6 is 0 Å². The fraction of sp³-hybridized carbons (Fsp3) is 0.371. The number of hydrogen-bond acceptors (Lipinski definition) is 5. The van der Waals surface area contributed by atoms with Crippen LogP contribution in [0.4, 0.5) is 5.69 Å². The van der Waals surface area contributed by atoms with Gasteiger partial charge in [0, 0.05) is 30.9 Å². The smallest absolute Gasteiger partial charge is 0.295 e. The Kier molecular flexibility index (Phi) is 9.21. The van der Waals surface area contributed by atoms with Gasteiger partial charge in [0.1, 0.15) is 11.5 Å². The molecule has 0 radical (unpaired) electrons. The summed E-state index contributed by atoms with van der Waals surface area (Å²) in [6.07, 6.45) is 0. The minimum atomic E-state index is -0.727. The lowest BCUT2D eigenvalue weighted by Gasteiger charge is -2.27. The highest BCUT2D eigenvalue weighted by Crippen LogP contribution is 2.42. The van der Waals surface area contributed by atoms with Gasteiger partial charge in [-0.15, -0.1) is 0 Å². The van der Waals surface area contributed by atoms with E-state index >= 15 is 0 Å². The number of ketones is 1. The number of hydrogen-bond donors (Lipinski definition) is 1. The van der Waals surface area contributed by atoms with E-state index in [4.69, 9.17) is 4.74 Å². The Morgan fingerprint density at radius 3 is 2.24 bits per heavy atom. The standard InChI is InChI=1S/C35H42N2O4/c1-8-36(9-2)28-16-13-25(14-17-28)32-31(33(38)26-15-18-30(41-10-3)29(20-26)22(4)5)34(39)35(40)37(32)21-27-19-23(6)11-12-24(27)7/h11-20,22,32,38H,8-10,21H2,1-7H3/b33-31-. The Hall–Kier alpha value is -4.06. The van der Waals surface area contributed by atoms with Crippen molar-refractivity contribution >= 4 is 23.1 Å². The first-order chi connectivity index (χ1) is 19.6. The molecule has 6 heteroatoms. The molecule has 4 rings (SSSR count). The zero-order valence-corrected chi connectivity index (χ0v) is 25.3. The molecule has 0 saturated carbocycles. The molecule has 0 spiro atoms. The number of ether oxygens (including phenoxy) is 1. The zero-order chi connectivity index (χ0) is 29.8. The van der Waals surface area contributed by atoms with Crippen LogP contribution in [0.1, 0.15) is 80.0 Å². The molecule has 1 aliphatic heterocycles. The van der Waals surface area contributed by atoms with Crippen LogP contribution < -0.4 is 9.64 Å². The van der Waals surface area contributed by atoms with Crippen LogP contribution in [0.2, 0.25) is 0 Å². The highest BCUT2D eigenvalue weighted by molar-refractivity contribution is 6.46. The third-order valence-corrected chi connectivity index (χ3v) is 7.93. The quantitative estimate of drug-likeness (QED) is 0.162. The monoisotopic (exact) mass is 554 g/mol. The fourth-order valence-corrected chi connectivity index (χ4v) is 5.59. The summed E-state index contributed by atoms with van der Waals surface area (Å²) in [4.78, 5) is 31.1. The van der Waals surface area contributed by atoms with Gasteiger partial charge in [0.2, 0.25) is 0 Å². The molecule has 6 nitrogen and oxygen atoms in total. The van der Waals surface area contributed by atoms with Crippen molar-refractivity contribution in [3.05, 3.63) is 99.6 Å². The Bertz CT molecular complexity index is 1450. The van der Waals surface area contributed by atoms with Crippen molar-refractivity contribution in [1.29, 1.82) is 0 Å². The van der Waals surface area contributed by atoms with Gasteiger partial charge in [-0.05, 0) is 93.1 Å². The molecule has 0 aliphatic carbocycles. The number of aliphatic hydroxyl groups excluding tert-OH is 1. The van der Waals surface area contributed by atoms with E-state index in [1.165, 1.54) is 0 Å². The topological polar surface area (TPSA) is 70.1 Å². The van der Waals surface area contributed by atoms with Gasteiger partial charge in [0.25, 0.3) is 11.7 Å². The summed E-state index contributed by atoms with van der Waals surface area (Å²) in [6.45, 7) is 16.8. The molecule has 216 valence electrons. The average molecular weight is 555 g/mol. The number of carbonyl (C=O) groups excluding carboxylic acids is 2. The van der Waals surface area contributed by atoms with Gasteiger partial charge in [0.15, 0.2) is 0 Å². The minimum Gasteiger partial charge on any atom is -0.507 e. The molecular weight excluding hydrogens is 512 g/mol. The largest absolute Gasteiger partial charge is 0.507 e. The maximum Gasteiger partial charge on any atom is 0.295 e. The van der Waals surface area contributed by atoms with Crippen LogP contribution in [0, 0.1) is 13.8 Å². The van der Waals surface area contributed by atoms with E-state index in [2.05, 4.69) is 38.7 Å². The molecule has 0 aromatic heterocycles. The molecule has 1 amide bonds. The molecule has 3 aromatic rings. The Labute approximate surface area is 244 Å². The van der Waals surface area contributed by atoms with Crippen LogP contribution in [0.5, 0.6) is 5.75 Å². The second kappa shape index (κ2) is 12.6. The number of anilines is 1. The maximum atomic E-state index is 13.7. The van der Waals surface area contributed by atoms with Gasteiger partial charge in [-0.2, -0.15) is 0 Å². The molecule has 41 heavy (non-hydrogen) atoms. The van der Waals surface area contributed by atoms with Crippen LogP contribution in [-0.4, -0.2) is 41.4 Å². The normalized spacial score (nSPS) is 16.5. The highest BCUT2D eigenvalue weighted by atomic mass is 16.5. The van der Waals surface area contributed by atoms with E-state index in [0.717, 1.165) is 52.3 Å². The summed E-state index contributed by atoms with van der Waals surface area (Å²) >= 11 is 0. The summed E-state index contributed by atoms with van der Waals surface area (Å²) in [5.41, 5.74) is 6.47. The molecule has 1 N–H and O–H groups in total. The first kappa shape index (κ1) is 29.9. The number of nitrogens with zero attached hydrogens (tertiary/aromatic N) is 2. The van der Waals surface area contributed by atoms with Crippen molar-refractivity contribution in [2.24, 2.45) is 0 Å². The number of likely N-dealkylation sites (tertiary alicyclic amines) is 1. The van der Waals surface area contributed by atoms with E-state index in [1.54, 1.807) is 11.0 Å². The van der Waals surface area contributed by atoms with E-state index in [9.17, 15) is 14.7 Å². The van der Waals surface area contributed by atoms with Crippen molar-refractivity contribution in [2.75, 3.05) is 24.6 Å². The van der Waals surface area contributed by atoms with Crippen LogP contribution in [-0.2, 0) is 16.1 Å². The predicted molar refractivity (Wildman–Crippen MR) is 165 cm³/mol. The average Bonchev–Trinajstić information content (AvgIpc) is 3.21. The van der Waals surface area contributed by atoms with E-state index in [1.807, 2.05) is 69.3 Å². The van der Waals surface area contributed by atoms with E-state index in [0.29, 0.717) is 12.2 Å². The predicted octanol–water partition coefficient (Wildman–Crippen LogP) is 7.29. The lowest BCUT2D eigenvalue weighted by Crippen LogP contribution is -2.29. The Balaban J connectivity index is 1.88. The van der Waals surface area contributed by atoms with Crippen LogP contribution in [0.3, 0.4) is 0 Å². The summed E-state index contributed by atoms with van der Waals surface area (Å²) in [5, 5.41) is 11.7. The first-order valence-electron chi connectivity index (χ1n) is 14.6. The van der Waals surface area contributed by atoms with Gasteiger partial charge < -0.3 is 19.6 Å². The second-order valence-corrected chi connectivity index (χ2v) is 11.0. The van der Waals surface area contributed by atoms with Crippen molar-refractivity contribution in [2.45, 2.75) is 67.0 Å². The molecule has 0 bridgehead atoms. The Morgan fingerprint density at radius 2 is 1.63 bits per heavy atom. The van der Waals surface area contributed by atoms with Gasteiger partial charge >= 0.3 is 0 Å². The third-order valence-electron chi connectivity index (χ3n) is 7.93. The highest BCUT2D eigenvalue weighted by Gasteiger charge is 2.46. The van der Waals surface area contributed by atoms with Crippen molar-refractivity contribution in [3.8, 4) is 5.75 Å². The molecular formula is C35H42N2O4. The van der Waals surface area contributed by atoms with Gasteiger partial charge in [-0.25, -0.2) is 0 Å². The lowest BCUT2D eigenvalue weighted by molar-refractivity contribution is -0.140. The van der Waals surface area contributed by atoms with Crippen molar-refractivity contribution in [1.82, 2.24) is 4.90 Å². The molecule has 1 unspecified atom stereocenters. The summed E-state index contributed by atoms with van der Waals surface area (Å²) in [5.74, 6) is -0.571. The summed E-state index contributed by atoms with van der Waals surface area (Å²) < 4.78 is 5.81. The van der Waals surface area contributed by atoms with Crippen LogP contribution in [0.15, 0.2) is 66.2 Å². The second-order valence-electron chi connectivity index (χ2n) is 11.0. The van der Waals surface area contributed by atoms with Crippen molar-refractivity contribution < 1.29 is 19.4 Å².